The van der Waals surface area contributed by atoms with E-state index in [1.165, 1.54) is 18.2 Å². The summed E-state index contributed by atoms with van der Waals surface area (Å²) in [6.45, 7) is 0.168. The molecule has 0 spiro atoms. The second-order valence-corrected chi connectivity index (χ2v) is 7.10. The van der Waals surface area contributed by atoms with Crippen molar-refractivity contribution < 1.29 is 9.31 Å². The third-order valence-corrected chi connectivity index (χ3v) is 5.12. The average molecular weight is 441 g/mol. The summed E-state index contributed by atoms with van der Waals surface area (Å²) in [7, 11) is 0. The number of hydrogen-bond acceptors (Lipinski definition) is 4. The maximum Gasteiger partial charge on any atom is 0.357 e. The normalized spacial score (nSPS) is 11.4. The molecular weight excluding hydrogens is 427 g/mol. The lowest BCUT2D eigenvalue weighted by Crippen LogP contribution is -2.25. The molecule has 0 unspecified atom stereocenters. The van der Waals surface area contributed by atoms with E-state index in [1.807, 2.05) is 29.2 Å². The molecule has 0 aliphatic carbocycles. The van der Waals surface area contributed by atoms with E-state index in [0.29, 0.717) is 16.1 Å². The van der Waals surface area contributed by atoms with Gasteiger partial charge in [-0.2, -0.15) is 0 Å². The molecule has 0 fully saturated rings. The van der Waals surface area contributed by atoms with E-state index in [1.54, 1.807) is 22.9 Å². The molecule has 156 valence electrons. The Kier molecular flexibility index (Phi) is 5.26. The Balaban J connectivity index is 1.81. The Labute approximate surface area is 178 Å². The first kappa shape index (κ1) is 20.3. The van der Waals surface area contributed by atoms with E-state index < -0.39 is 27.7 Å². The summed E-state index contributed by atoms with van der Waals surface area (Å²) in [6.07, 6.45) is 4.57. The minimum Gasteiger partial charge on any atom is -0.342 e. The quantitative estimate of drug-likeness (QED) is 0.361. The Morgan fingerprint density at radius 3 is 2.61 bits per heavy atom. The van der Waals surface area contributed by atoms with Gasteiger partial charge >= 0.3 is 16.9 Å². The van der Waals surface area contributed by atoms with Crippen LogP contribution >= 0.6 is 11.6 Å². The third-order valence-electron chi connectivity index (χ3n) is 4.77. The molecular formula is C21H14ClFN4O4. The standard InChI is InChI=1S/C21H14ClFN4O4/c22-15-5-3-6-16(23)14(15)11-26-10-12(13-4-1-2-7-18(13)26)8-9-17-19(27(30)31)20(28)25-21(29)24-17/h1-10H,11H2,(H2,24,25,28,29)/b9-8+. The molecule has 2 heterocycles. The number of benzene rings is 2. The number of nitrogens with one attached hydrogen (secondary N) is 2. The number of rotatable bonds is 5. The molecule has 0 aliphatic rings. The summed E-state index contributed by atoms with van der Waals surface area (Å²) in [6, 6.07) is 11.8. The van der Waals surface area contributed by atoms with Gasteiger partial charge in [0, 0.05) is 33.2 Å². The highest BCUT2D eigenvalue weighted by molar-refractivity contribution is 6.31. The topological polar surface area (TPSA) is 114 Å². The van der Waals surface area contributed by atoms with Crippen LogP contribution in [-0.2, 0) is 6.54 Å². The van der Waals surface area contributed by atoms with E-state index in [9.17, 15) is 24.1 Å². The molecule has 0 radical (unpaired) electrons. The van der Waals surface area contributed by atoms with Crippen LogP contribution in [0, 0.1) is 15.9 Å². The summed E-state index contributed by atoms with van der Waals surface area (Å²) in [5.74, 6) is -0.431. The van der Waals surface area contributed by atoms with Crippen molar-refractivity contribution in [1.82, 2.24) is 14.5 Å². The fraction of sp³-hybridized carbons (Fsp3) is 0.0476. The van der Waals surface area contributed by atoms with Crippen molar-refractivity contribution in [3.63, 3.8) is 0 Å². The minimum atomic E-state index is -1.09. The molecule has 0 aliphatic heterocycles. The molecule has 0 saturated carbocycles. The van der Waals surface area contributed by atoms with Crippen LogP contribution in [0.15, 0.2) is 58.3 Å². The highest BCUT2D eigenvalue weighted by Crippen LogP contribution is 2.27. The van der Waals surface area contributed by atoms with Gasteiger partial charge in [-0.25, -0.2) is 9.18 Å². The second-order valence-electron chi connectivity index (χ2n) is 6.69. The highest BCUT2D eigenvalue weighted by atomic mass is 35.5. The zero-order valence-electron chi connectivity index (χ0n) is 15.8. The van der Waals surface area contributed by atoms with Gasteiger partial charge in [0.1, 0.15) is 11.5 Å². The van der Waals surface area contributed by atoms with Crippen molar-refractivity contribution in [3.8, 4) is 0 Å². The maximum atomic E-state index is 14.3. The Morgan fingerprint density at radius 1 is 1.10 bits per heavy atom. The number of aromatic amines is 2. The lowest BCUT2D eigenvalue weighted by Gasteiger charge is -2.08. The van der Waals surface area contributed by atoms with Crippen LogP contribution in [0.3, 0.4) is 0 Å². The molecule has 4 rings (SSSR count). The van der Waals surface area contributed by atoms with Crippen LogP contribution < -0.4 is 11.2 Å². The number of nitro groups is 1. The number of nitrogens with zero attached hydrogens (tertiary/aromatic N) is 2. The smallest absolute Gasteiger partial charge is 0.342 e. The molecule has 2 aromatic heterocycles. The first-order valence-corrected chi connectivity index (χ1v) is 9.43. The third kappa shape index (κ3) is 3.90. The van der Waals surface area contributed by atoms with Crippen molar-refractivity contribution in [1.29, 1.82) is 0 Å². The fourth-order valence-electron chi connectivity index (χ4n) is 3.36. The minimum absolute atomic E-state index is 0.168. The largest absolute Gasteiger partial charge is 0.357 e. The monoisotopic (exact) mass is 440 g/mol. The van der Waals surface area contributed by atoms with Gasteiger partial charge in [0.25, 0.3) is 0 Å². The van der Waals surface area contributed by atoms with Crippen LogP contribution in [0.4, 0.5) is 10.1 Å². The molecule has 0 saturated heterocycles. The molecule has 10 heteroatoms. The van der Waals surface area contributed by atoms with Crippen LogP contribution in [-0.4, -0.2) is 19.5 Å². The van der Waals surface area contributed by atoms with Gasteiger partial charge in [-0.1, -0.05) is 41.9 Å². The van der Waals surface area contributed by atoms with E-state index in [2.05, 4.69) is 4.98 Å². The number of para-hydroxylation sites is 1. The first-order chi connectivity index (χ1) is 14.8. The predicted molar refractivity (Wildman–Crippen MR) is 116 cm³/mol. The zero-order chi connectivity index (χ0) is 22.1. The number of fused-ring (bicyclic) bond motifs is 1. The Morgan fingerprint density at radius 2 is 1.87 bits per heavy atom. The lowest BCUT2D eigenvalue weighted by molar-refractivity contribution is -0.386. The summed E-state index contributed by atoms with van der Waals surface area (Å²) >= 11 is 6.16. The van der Waals surface area contributed by atoms with Crippen molar-refractivity contribution in [2.45, 2.75) is 6.54 Å². The molecule has 31 heavy (non-hydrogen) atoms. The van der Waals surface area contributed by atoms with Crippen molar-refractivity contribution in [3.05, 3.63) is 107 Å². The lowest BCUT2D eigenvalue weighted by atomic mass is 10.1. The molecule has 8 nitrogen and oxygen atoms in total. The number of H-pyrrole nitrogens is 2. The maximum absolute atomic E-state index is 14.3. The van der Waals surface area contributed by atoms with Crippen molar-refractivity contribution >= 4 is 40.3 Å². The van der Waals surface area contributed by atoms with Gasteiger partial charge in [-0.3, -0.25) is 19.9 Å². The molecule has 4 aromatic rings. The summed E-state index contributed by atoms with van der Waals surface area (Å²) in [5.41, 5.74) is -1.17. The van der Waals surface area contributed by atoms with Gasteiger partial charge in [0.2, 0.25) is 0 Å². The van der Waals surface area contributed by atoms with E-state index >= 15 is 0 Å². The summed E-state index contributed by atoms with van der Waals surface area (Å²) < 4.78 is 16.1. The average Bonchev–Trinajstić information content (AvgIpc) is 3.06. The number of halogens is 2. The van der Waals surface area contributed by atoms with Crippen molar-refractivity contribution in [2.75, 3.05) is 0 Å². The predicted octanol–water partition coefficient (Wildman–Crippen LogP) is 3.94. The van der Waals surface area contributed by atoms with Crippen molar-refractivity contribution in [2.24, 2.45) is 0 Å². The summed E-state index contributed by atoms with van der Waals surface area (Å²) in [5, 5.41) is 12.3. The SMILES string of the molecule is O=c1[nH]c(/C=C/c2cn(Cc3c(F)cccc3Cl)c3ccccc23)c([N+](=O)[O-])c(=O)[nH]1. The van der Waals surface area contributed by atoms with Gasteiger partial charge in [-0.15, -0.1) is 0 Å². The van der Waals surface area contributed by atoms with Crippen LogP contribution in [0.25, 0.3) is 23.1 Å². The Bertz CT molecular complexity index is 1450. The van der Waals surface area contributed by atoms with Crippen LogP contribution in [0.1, 0.15) is 16.8 Å². The van der Waals surface area contributed by atoms with Gasteiger partial charge in [0.05, 0.1) is 11.5 Å². The summed E-state index contributed by atoms with van der Waals surface area (Å²) in [4.78, 5) is 37.8. The van der Waals surface area contributed by atoms with E-state index in [4.69, 9.17) is 11.6 Å². The fourth-order valence-corrected chi connectivity index (χ4v) is 3.59. The Hall–Kier alpha value is -3.98. The van der Waals surface area contributed by atoms with E-state index in [0.717, 1.165) is 10.9 Å². The molecule has 0 atom stereocenters. The van der Waals surface area contributed by atoms with Gasteiger partial charge in [0.15, 0.2) is 0 Å². The molecule has 2 N–H and O–H groups in total. The molecule has 2 aromatic carbocycles. The molecule has 0 amide bonds. The van der Waals surface area contributed by atoms with Crippen LogP contribution in [0.5, 0.6) is 0 Å². The highest BCUT2D eigenvalue weighted by Gasteiger charge is 2.19. The van der Waals surface area contributed by atoms with Gasteiger partial charge in [-0.05, 0) is 24.3 Å². The zero-order valence-corrected chi connectivity index (χ0v) is 16.5. The number of hydrogen-bond donors (Lipinski definition) is 2. The van der Waals surface area contributed by atoms with E-state index in [-0.39, 0.29) is 12.2 Å². The van der Waals surface area contributed by atoms with Crippen LogP contribution in [0.2, 0.25) is 5.02 Å². The second kappa shape index (κ2) is 8.04. The molecule has 0 bridgehead atoms. The van der Waals surface area contributed by atoms with Gasteiger partial charge < -0.3 is 9.55 Å². The number of aromatic nitrogens is 3. The first-order valence-electron chi connectivity index (χ1n) is 9.05.